The number of hydrogen-bond acceptors (Lipinski definition) is 4. The Morgan fingerprint density at radius 3 is 2.71 bits per heavy atom. The van der Waals surface area contributed by atoms with Gasteiger partial charge in [0.05, 0.1) is 11.7 Å². The average Bonchev–Trinajstić information content (AvgIpc) is 3.28. The van der Waals surface area contributed by atoms with Gasteiger partial charge >= 0.3 is 0 Å². The van der Waals surface area contributed by atoms with E-state index in [1.54, 1.807) is 0 Å². The first-order valence-electron chi connectivity index (χ1n) is 13.8. The number of aromatic amines is 1. The van der Waals surface area contributed by atoms with Gasteiger partial charge in [-0.1, -0.05) is 55.8 Å². The summed E-state index contributed by atoms with van der Waals surface area (Å²) in [4.78, 5) is 44.4. The largest absolute Gasteiger partial charge is 0.365 e. The molecule has 1 amide bonds. The fourth-order valence-corrected chi connectivity index (χ4v) is 7.70. The summed E-state index contributed by atoms with van der Waals surface area (Å²) in [6.45, 7) is 8.31. The lowest BCUT2D eigenvalue weighted by Crippen LogP contribution is -2.58. The Hall–Kier alpha value is -3.25. The summed E-state index contributed by atoms with van der Waals surface area (Å²) in [5.74, 6) is -1.12. The van der Waals surface area contributed by atoms with E-state index < -0.39 is 16.9 Å². The van der Waals surface area contributed by atoms with E-state index in [4.69, 9.17) is 4.74 Å². The van der Waals surface area contributed by atoms with Gasteiger partial charge in [0.15, 0.2) is 11.6 Å². The molecule has 6 heteroatoms. The highest BCUT2D eigenvalue weighted by Gasteiger charge is 2.78. The Balaban J connectivity index is 1.46. The van der Waals surface area contributed by atoms with Crippen molar-refractivity contribution < 1.29 is 19.1 Å². The highest BCUT2D eigenvalue weighted by atomic mass is 16.6. The number of carbonyl (C=O) groups excluding carboxylic acids is 3. The molecular weight excluding hydrogens is 476 g/mol. The number of carbonyl (C=O) groups is 3. The minimum Gasteiger partial charge on any atom is -0.365 e. The number of benzene rings is 1. The number of ketones is 2. The lowest BCUT2D eigenvalue weighted by atomic mass is 9.51. The van der Waals surface area contributed by atoms with Crippen LogP contribution in [0.15, 0.2) is 66.4 Å². The minimum absolute atomic E-state index is 0.0297. The number of para-hydroxylation sites is 1. The smallest absolute Gasteiger partial charge is 0.235 e. The van der Waals surface area contributed by atoms with Crippen LogP contribution in [0.3, 0.4) is 0 Å². The van der Waals surface area contributed by atoms with Crippen LogP contribution in [0.4, 0.5) is 0 Å². The summed E-state index contributed by atoms with van der Waals surface area (Å²) in [6.07, 6.45) is 12.5. The predicted molar refractivity (Wildman–Crippen MR) is 146 cm³/mol. The molecule has 198 valence electrons. The van der Waals surface area contributed by atoms with E-state index >= 15 is 0 Å². The molecule has 2 aliphatic carbocycles. The number of nitrogens with one attached hydrogen (secondary N) is 2. The lowest BCUT2D eigenvalue weighted by molar-refractivity contribution is -0.145. The number of epoxide rings is 1. The topological polar surface area (TPSA) is 91.6 Å². The van der Waals surface area contributed by atoms with Crippen LogP contribution in [0.1, 0.15) is 46.1 Å². The maximum Gasteiger partial charge on any atom is 0.235 e. The van der Waals surface area contributed by atoms with E-state index in [0.29, 0.717) is 6.42 Å². The van der Waals surface area contributed by atoms with Gasteiger partial charge in [-0.15, -0.1) is 0 Å². The molecule has 2 N–H and O–H groups in total. The van der Waals surface area contributed by atoms with E-state index in [-0.39, 0.29) is 53.8 Å². The van der Waals surface area contributed by atoms with Gasteiger partial charge in [-0.25, -0.2) is 0 Å². The van der Waals surface area contributed by atoms with Crippen molar-refractivity contribution in [3.63, 3.8) is 0 Å². The van der Waals surface area contributed by atoms with Gasteiger partial charge in [-0.3, -0.25) is 14.4 Å². The van der Waals surface area contributed by atoms with Crippen molar-refractivity contribution in [1.29, 1.82) is 0 Å². The Morgan fingerprint density at radius 1 is 1.11 bits per heavy atom. The molecular formula is C32H36N2O4. The number of amides is 1. The highest BCUT2D eigenvalue weighted by molar-refractivity contribution is 6.15. The van der Waals surface area contributed by atoms with Crippen LogP contribution in [0.5, 0.6) is 0 Å². The molecule has 1 aromatic carbocycles. The van der Waals surface area contributed by atoms with Gasteiger partial charge in [-0.05, 0) is 62.3 Å². The van der Waals surface area contributed by atoms with E-state index in [9.17, 15) is 14.4 Å². The summed E-state index contributed by atoms with van der Waals surface area (Å²) < 4.78 is 6.35. The SMILES string of the molecule is C/C1=C/[C@@H](C)C/C=C/C2[C@@H]3O[C@]3(C)[C@@H](C)[C@H]3[C@H](Cc4c[nH]c5ccccc45)NC(=O)C23C(=O)/C=C/C(=O)C1. The fraction of sp³-hybridized carbons (Fsp3) is 0.469. The molecule has 8 atom stereocenters. The first-order chi connectivity index (χ1) is 18.2. The van der Waals surface area contributed by atoms with E-state index in [1.807, 2.05) is 31.3 Å². The molecule has 3 heterocycles. The van der Waals surface area contributed by atoms with Gasteiger partial charge in [0.25, 0.3) is 0 Å². The molecule has 1 saturated carbocycles. The van der Waals surface area contributed by atoms with Crippen LogP contribution in [-0.4, -0.2) is 40.2 Å². The summed E-state index contributed by atoms with van der Waals surface area (Å²) in [6, 6.07) is 7.90. The van der Waals surface area contributed by atoms with Crippen LogP contribution in [0.25, 0.3) is 10.9 Å². The molecule has 6 rings (SSSR count). The Labute approximate surface area is 223 Å². The first-order valence-corrected chi connectivity index (χ1v) is 13.8. The normalized spacial score (nSPS) is 41.9. The van der Waals surface area contributed by atoms with Crippen molar-refractivity contribution in [3.8, 4) is 0 Å². The molecule has 4 aliphatic rings. The Morgan fingerprint density at radius 2 is 1.89 bits per heavy atom. The number of ether oxygens (including phenoxy) is 1. The first kappa shape index (κ1) is 25.1. The zero-order valence-electron chi connectivity index (χ0n) is 22.5. The Bertz CT molecular complexity index is 1420. The number of hydrogen-bond donors (Lipinski definition) is 2. The number of H-pyrrole nitrogens is 1. The number of fused-ring (bicyclic) bond motifs is 3. The fourth-order valence-electron chi connectivity index (χ4n) is 7.70. The van der Waals surface area contributed by atoms with Gasteiger partial charge in [-0.2, -0.15) is 0 Å². The van der Waals surface area contributed by atoms with Crippen molar-refractivity contribution in [3.05, 3.63) is 72.0 Å². The molecule has 2 saturated heterocycles. The summed E-state index contributed by atoms with van der Waals surface area (Å²) in [7, 11) is 0. The Kier molecular flexibility index (Phi) is 5.87. The van der Waals surface area contributed by atoms with Crippen LogP contribution < -0.4 is 5.32 Å². The van der Waals surface area contributed by atoms with Gasteiger partial charge in [0.2, 0.25) is 5.91 Å². The van der Waals surface area contributed by atoms with E-state index in [2.05, 4.69) is 55.4 Å². The van der Waals surface area contributed by atoms with Crippen LogP contribution in [0.2, 0.25) is 0 Å². The van der Waals surface area contributed by atoms with Crippen molar-refractivity contribution in [2.24, 2.45) is 29.1 Å². The standard InChI is InChI=1S/C32H36N2O4/c1-18-8-7-10-24-29-31(4,38-29)20(3)28-26(16-21-17-33-25-11-6-5-9-23(21)25)34-30(37)32(24,28)27(36)13-12-22(35)15-19(2)14-18/h5-7,9-14,17-18,20,24,26,28-29,33H,8,15-16H2,1-4H3,(H,34,37)/b10-7+,13-12+,19-14-/t18-,20-,24?,26-,28-,29-,31+,32?/m0/s1. The quantitative estimate of drug-likeness (QED) is 0.342. The monoisotopic (exact) mass is 512 g/mol. The second kappa shape index (κ2) is 8.91. The molecule has 6 nitrogen and oxygen atoms in total. The third-order valence-electron chi connectivity index (χ3n) is 9.65. The number of allylic oxidation sites excluding steroid dienone is 5. The lowest BCUT2D eigenvalue weighted by Gasteiger charge is -2.45. The number of aromatic nitrogens is 1. The molecule has 3 fully saturated rings. The highest BCUT2D eigenvalue weighted by Crippen LogP contribution is 2.66. The summed E-state index contributed by atoms with van der Waals surface area (Å²) in [5.41, 5.74) is 1.44. The molecule has 0 bridgehead atoms. The molecule has 2 aromatic rings. The van der Waals surface area contributed by atoms with Crippen LogP contribution in [-0.2, 0) is 25.5 Å². The molecule has 1 aromatic heterocycles. The molecule has 0 radical (unpaired) electrons. The van der Waals surface area contributed by atoms with Crippen molar-refractivity contribution in [2.75, 3.05) is 0 Å². The zero-order valence-corrected chi connectivity index (χ0v) is 22.5. The predicted octanol–water partition coefficient (Wildman–Crippen LogP) is 4.86. The van der Waals surface area contributed by atoms with Crippen molar-refractivity contribution in [1.82, 2.24) is 10.3 Å². The van der Waals surface area contributed by atoms with Crippen molar-refractivity contribution >= 4 is 28.4 Å². The molecule has 1 spiro atoms. The second-order valence-electron chi connectivity index (χ2n) is 12.1. The maximum atomic E-state index is 14.2. The maximum absolute atomic E-state index is 14.2. The molecule has 2 unspecified atom stereocenters. The van der Waals surface area contributed by atoms with E-state index in [0.717, 1.165) is 28.5 Å². The molecule has 38 heavy (non-hydrogen) atoms. The summed E-state index contributed by atoms with van der Waals surface area (Å²) >= 11 is 0. The third-order valence-corrected chi connectivity index (χ3v) is 9.65. The average molecular weight is 513 g/mol. The number of rotatable bonds is 2. The van der Waals surface area contributed by atoms with Crippen molar-refractivity contribution in [2.45, 2.75) is 64.7 Å². The minimum atomic E-state index is -1.32. The summed E-state index contributed by atoms with van der Waals surface area (Å²) in [5, 5.41) is 4.39. The van der Waals surface area contributed by atoms with Crippen LogP contribution >= 0.6 is 0 Å². The van der Waals surface area contributed by atoms with E-state index in [1.165, 1.54) is 12.2 Å². The molecule has 2 aliphatic heterocycles. The zero-order chi connectivity index (χ0) is 26.8. The van der Waals surface area contributed by atoms with Crippen LogP contribution in [0, 0.1) is 29.1 Å². The second-order valence-corrected chi connectivity index (χ2v) is 12.1. The third kappa shape index (κ3) is 3.68. The van der Waals surface area contributed by atoms with Gasteiger partial charge in [0, 0.05) is 41.4 Å². The van der Waals surface area contributed by atoms with Gasteiger partial charge in [0.1, 0.15) is 5.41 Å². The van der Waals surface area contributed by atoms with Gasteiger partial charge < -0.3 is 15.0 Å².